The number of carbonyl (C=O) groups excluding carboxylic acids is 2. The topological polar surface area (TPSA) is 97.1 Å². The van der Waals surface area contributed by atoms with Gasteiger partial charge in [-0.3, -0.25) is 9.59 Å². The lowest BCUT2D eigenvalue weighted by Gasteiger charge is -2.28. The molecule has 0 bridgehead atoms. The van der Waals surface area contributed by atoms with Crippen molar-refractivity contribution in [2.75, 3.05) is 53.5 Å². The van der Waals surface area contributed by atoms with Gasteiger partial charge in [0, 0.05) is 5.56 Å². The molecule has 8 nitrogen and oxygen atoms in total. The van der Waals surface area contributed by atoms with E-state index in [4.69, 9.17) is 9.47 Å². The van der Waals surface area contributed by atoms with Crippen molar-refractivity contribution < 1.29 is 34.4 Å². The largest absolute Gasteiger partial charge is 0.507 e. The van der Waals surface area contributed by atoms with E-state index in [0.717, 1.165) is 38.3 Å². The normalized spacial score (nSPS) is 20.8. The van der Waals surface area contributed by atoms with E-state index in [1.165, 1.54) is 4.90 Å². The van der Waals surface area contributed by atoms with E-state index in [1.807, 2.05) is 12.1 Å². The van der Waals surface area contributed by atoms with Crippen LogP contribution < -0.4 is 19.7 Å². The first-order valence-electron chi connectivity index (χ1n) is 11.3. The van der Waals surface area contributed by atoms with Crippen molar-refractivity contribution in [1.82, 2.24) is 4.90 Å². The number of aliphatic hydroxyl groups excluding tert-OH is 1. The number of nitrogens with zero attached hydrogens (tertiary/aromatic N) is 1. The molecule has 0 aliphatic carbocycles. The van der Waals surface area contributed by atoms with Crippen LogP contribution in [0.4, 0.5) is 0 Å². The van der Waals surface area contributed by atoms with E-state index in [0.29, 0.717) is 23.6 Å². The summed E-state index contributed by atoms with van der Waals surface area (Å²) in [5, 5.41) is 13.4. The van der Waals surface area contributed by atoms with Crippen LogP contribution in [-0.2, 0) is 9.59 Å². The molecular formula is C25H31N3O5+2. The monoisotopic (exact) mass is 453 g/mol. The van der Waals surface area contributed by atoms with Crippen molar-refractivity contribution >= 4 is 17.4 Å². The van der Waals surface area contributed by atoms with E-state index in [1.54, 1.807) is 55.5 Å². The molecule has 174 valence electrons. The molecule has 33 heavy (non-hydrogen) atoms. The van der Waals surface area contributed by atoms with Gasteiger partial charge in [-0.05, 0) is 42.0 Å². The fourth-order valence-electron chi connectivity index (χ4n) is 4.56. The number of likely N-dealkylation sites (tertiary alicyclic amines) is 1. The molecule has 2 heterocycles. The highest BCUT2D eigenvalue weighted by molar-refractivity contribution is 6.46. The third-order valence-electron chi connectivity index (χ3n) is 6.45. The molecule has 2 saturated heterocycles. The van der Waals surface area contributed by atoms with Crippen molar-refractivity contribution in [3.8, 4) is 11.5 Å². The number of carbonyl (C=O) groups is 2. The molecule has 0 aromatic heterocycles. The smallest absolute Gasteiger partial charge is 0.295 e. The van der Waals surface area contributed by atoms with Crippen LogP contribution in [0.25, 0.3) is 5.76 Å². The molecule has 2 aliphatic rings. The molecule has 1 amide bonds. The minimum atomic E-state index is -0.661. The number of quaternary nitrogens is 2. The predicted molar refractivity (Wildman–Crippen MR) is 122 cm³/mol. The first-order valence-corrected chi connectivity index (χ1v) is 11.3. The van der Waals surface area contributed by atoms with Crippen molar-refractivity contribution in [2.45, 2.75) is 6.04 Å². The van der Waals surface area contributed by atoms with Crippen LogP contribution in [0.15, 0.2) is 54.1 Å². The Morgan fingerprint density at radius 1 is 1.00 bits per heavy atom. The second-order valence-corrected chi connectivity index (χ2v) is 8.36. The molecule has 1 unspecified atom stereocenters. The number of methoxy groups -OCH3 is 2. The van der Waals surface area contributed by atoms with Gasteiger partial charge in [0.25, 0.3) is 11.7 Å². The maximum absolute atomic E-state index is 13.1. The lowest BCUT2D eigenvalue weighted by molar-refractivity contribution is -0.946. The molecule has 2 fully saturated rings. The van der Waals surface area contributed by atoms with Gasteiger partial charge in [0.1, 0.15) is 43.4 Å². The second-order valence-electron chi connectivity index (χ2n) is 8.36. The summed E-state index contributed by atoms with van der Waals surface area (Å²) in [5.41, 5.74) is 1.33. The van der Waals surface area contributed by atoms with Gasteiger partial charge in [0.05, 0.1) is 38.9 Å². The highest BCUT2D eigenvalue weighted by Crippen LogP contribution is 2.39. The number of ether oxygens (including phenoxy) is 2. The number of ketones is 1. The minimum Gasteiger partial charge on any atom is -0.507 e. The van der Waals surface area contributed by atoms with Gasteiger partial charge in [0.15, 0.2) is 0 Å². The average molecular weight is 454 g/mol. The van der Waals surface area contributed by atoms with Gasteiger partial charge in [-0.15, -0.1) is 0 Å². The Morgan fingerprint density at radius 3 is 2.15 bits per heavy atom. The summed E-state index contributed by atoms with van der Waals surface area (Å²) < 4.78 is 10.5. The number of nitrogens with two attached hydrogens (primary N) is 1. The number of Topliss-reactive ketones (excluding diaryl/α,β-unsaturated/α-hetero) is 1. The van der Waals surface area contributed by atoms with Crippen LogP contribution in [0.2, 0.25) is 0 Å². The minimum absolute atomic E-state index is 0.109. The fourth-order valence-corrected chi connectivity index (χ4v) is 4.56. The third kappa shape index (κ3) is 4.72. The third-order valence-corrected chi connectivity index (χ3v) is 6.45. The lowest BCUT2D eigenvalue weighted by Crippen LogP contribution is -3.20. The van der Waals surface area contributed by atoms with E-state index in [2.05, 4.69) is 5.32 Å². The molecule has 4 N–H and O–H groups in total. The van der Waals surface area contributed by atoms with Crippen molar-refractivity contribution in [3.63, 3.8) is 0 Å². The highest BCUT2D eigenvalue weighted by atomic mass is 16.5. The van der Waals surface area contributed by atoms with Gasteiger partial charge in [-0.2, -0.15) is 0 Å². The van der Waals surface area contributed by atoms with E-state index >= 15 is 0 Å². The molecule has 0 saturated carbocycles. The zero-order valence-corrected chi connectivity index (χ0v) is 19.0. The van der Waals surface area contributed by atoms with Crippen molar-refractivity contribution in [1.29, 1.82) is 0 Å². The quantitative estimate of drug-likeness (QED) is 0.301. The number of rotatable bonds is 7. The van der Waals surface area contributed by atoms with E-state index in [9.17, 15) is 14.7 Å². The Morgan fingerprint density at radius 2 is 1.58 bits per heavy atom. The molecule has 8 heteroatoms. The summed E-state index contributed by atoms with van der Waals surface area (Å²) >= 11 is 0. The summed E-state index contributed by atoms with van der Waals surface area (Å²) in [6.45, 7) is 5.39. The Bertz CT molecular complexity index is 1030. The van der Waals surface area contributed by atoms with Gasteiger partial charge in [-0.25, -0.2) is 0 Å². The van der Waals surface area contributed by atoms with Crippen LogP contribution >= 0.6 is 0 Å². The zero-order chi connectivity index (χ0) is 23.4. The van der Waals surface area contributed by atoms with Crippen LogP contribution in [0, 0.1) is 0 Å². The summed E-state index contributed by atoms with van der Waals surface area (Å²) in [7, 11) is 3.15. The summed E-state index contributed by atoms with van der Waals surface area (Å²) in [4.78, 5) is 29.3. The average Bonchev–Trinajstić information content (AvgIpc) is 3.12. The van der Waals surface area contributed by atoms with Gasteiger partial charge in [-0.1, -0.05) is 12.1 Å². The van der Waals surface area contributed by atoms with Gasteiger partial charge < -0.3 is 29.7 Å². The van der Waals surface area contributed by atoms with Crippen LogP contribution in [-0.4, -0.2) is 75.2 Å². The predicted octanol–water partition coefficient (Wildman–Crippen LogP) is -0.413. The fraction of sp³-hybridized carbons (Fsp3) is 0.360. The maximum Gasteiger partial charge on any atom is 0.295 e. The van der Waals surface area contributed by atoms with Crippen molar-refractivity contribution in [2.24, 2.45) is 0 Å². The second kappa shape index (κ2) is 10.1. The first-order chi connectivity index (χ1) is 16.0. The molecule has 1 atom stereocenters. The van der Waals surface area contributed by atoms with Gasteiger partial charge >= 0.3 is 0 Å². The number of aliphatic hydroxyl groups is 1. The van der Waals surface area contributed by atoms with E-state index in [-0.39, 0.29) is 11.3 Å². The first kappa shape index (κ1) is 22.8. The van der Waals surface area contributed by atoms with Gasteiger partial charge in [0.2, 0.25) is 0 Å². The summed E-state index contributed by atoms with van der Waals surface area (Å²) in [6, 6.07) is 13.4. The molecule has 0 radical (unpaired) electrons. The number of hydrogen-bond acceptors (Lipinski definition) is 5. The van der Waals surface area contributed by atoms with Crippen LogP contribution in [0.1, 0.15) is 17.2 Å². The summed E-state index contributed by atoms with van der Waals surface area (Å²) in [5.74, 6) is -0.0977. The molecule has 2 aliphatic heterocycles. The molecule has 2 aromatic carbocycles. The maximum atomic E-state index is 13.1. The number of piperazine rings is 1. The lowest BCUT2D eigenvalue weighted by atomic mass is 9.95. The molecule has 2 aromatic rings. The van der Waals surface area contributed by atoms with E-state index < -0.39 is 17.7 Å². The number of amides is 1. The molecular weight excluding hydrogens is 422 g/mol. The Balaban J connectivity index is 1.72. The highest BCUT2D eigenvalue weighted by Gasteiger charge is 2.46. The zero-order valence-electron chi connectivity index (χ0n) is 19.0. The Hall–Kier alpha value is -3.36. The number of benzene rings is 2. The van der Waals surface area contributed by atoms with Crippen molar-refractivity contribution in [3.05, 3.63) is 65.2 Å². The number of hydrogen-bond donors (Lipinski definition) is 3. The molecule has 0 spiro atoms. The summed E-state index contributed by atoms with van der Waals surface area (Å²) in [6.07, 6.45) is 0. The Labute approximate surface area is 193 Å². The number of nitrogens with one attached hydrogen (secondary N) is 1. The van der Waals surface area contributed by atoms with Crippen LogP contribution in [0.3, 0.4) is 0 Å². The standard InChI is InChI=1S/C25H29N3O5/c1-32-19-7-3-17(4-8-19)22-21(23(29)18-5-9-20(33-2)10-6-18)24(30)25(31)28(22)16-15-27-13-11-26-12-14-27/h3-10,22,26,29H,11-16H2,1-2H3/p+2. The SMILES string of the molecule is COc1ccc(C(O)=C2C(=O)C(=O)N(CC[NH+]3CC[NH2+]CC3)C2c2ccc(OC)cc2)cc1. The van der Waals surface area contributed by atoms with Crippen LogP contribution in [0.5, 0.6) is 11.5 Å². The Kier molecular flexibility index (Phi) is 6.96. The molecule has 4 rings (SSSR count).